The van der Waals surface area contributed by atoms with E-state index in [0.717, 1.165) is 25.0 Å². The van der Waals surface area contributed by atoms with Gasteiger partial charge in [-0.15, -0.1) is 0 Å². The molecule has 0 bridgehead atoms. The lowest BCUT2D eigenvalue weighted by Gasteiger charge is -2.27. The molecule has 1 N–H and O–H groups in total. The van der Waals surface area contributed by atoms with E-state index in [1.165, 1.54) is 42.1 Å². The van der Waals surface area contributed by atoms with Gasteiger partial charge in [0.05, 0.1) is 0 Å². The molecule has 2 aromatic rings. The van der Waals surface area contributed by atoms with Gasteiger partial charge in [-0.25, -0.2) is 0 Å². The van der Waals surface area contributed by atoms with Gasteiger partial charge >= 0.3 is 0 Å². The van der Waals surface area contributed by atoms with Crippen molar-refractivity contribution in [3.8, 4) is 0 Å². The second-order valence-corrected chi connectivity index (χ2v) is 6.44. The molecule has 1 saturated carbocycles. The Bertz CT molecular complexity index is 570. The summed E-state index contributed by atoms with van der Waals surface area (Å²) in [5.41, 5.74) is 2.74. The Hall–Kier alpha value is -1.28. The zero-order valence-electron chi connectivity index (χ0n) is 12.7. The van der Waals surface area contributed by atoms with Crippen LogP contribution >= 0.6 is 0 Å². The van der Waals surface area contributed by atoms with E-state index < -0.39 is 0 Å². The van der Waals surface area contributed by atoms with Gasteiger partial charge in [0.25, 0.3) is 0 Å². The molecule has 0 aliphatic heterocycles. The van der Waals surface area contributed by atoms with Crippen molar-refractivity contribution in [1.82, 2.24) is 9.88 Å². The van der Waals surface area contributed by atoms with Crippen LogP contribution in [0.2, 0.25) is 0 Å². The third kappa shape index (κ3) is 2.90. The predicted molar refractivity (Wildman–Crippen MR) is 86.1 cm³/mol. The number of hydrogen-bond acceptors (Lipinski definition) is 1. The zero-order valence-corrected chi connectivity index (χ0v) is 12.7. The first-order valence-electron chi connectivity index (χ1n) is 8.02. The lowest BCUT2D eigenvalue weighted by atomic mass is 9.87. The number of hydrogen-bond donors (Lipinski definition) is 1. The molecule has 1 aromatic carbocycles. The van der Waals surface area contributed by atoms with Gasteiger partial charge in [0.15, 0.2) is 0 Å². The molecule has 0 saturated heterocycles. The van der Waals surface area contributed by atoms with E-state index in [-0.39, 0.29) is 0 Å². The van der Waals surface area contributed by atoms with Crippen molar-refractivity contribution in [2.24, 2.45) is 5.92 Å². The van der Waals surface area contributed by atoms with Crippen LogP contribution in [-0.4, -0.2) is 17.2 Å². The SMILES string of the molecule is Cc1cccc2c1ccn2CCNC1CCCC(C)C1. The minimum atomic E-state index is 0.738. The molecule has 0 amide bonds. The molecule has 2 unspecified atom stereocenters. The number of aryl methyl sites for hydroxylation is 1. The fourth-order valence-electron chi connectivity index (χ4n) is 3.58. The van der Waals surface area contributed by atoms with E-state index in [1.807, 2.05) is 0 Å². The number of aromatic nitrogens is 1. The minimum Gasteiger partial charge on any atom is -0.346 e. The Morgan fingerprint density at radius 1 is 1.25 bits per heavy atom. The highest BCUT2D eigenvalue weighted by Crippen LogP contribution is 2.23. The molecule has 0 radical (unpaired) electrons. The largest absolute Gasteiger partial charge is 0.346 e. The van der Waals surface area contributed by atoms with E-state index in [1.54, 1.807) is 0 Å². The summed E-state index contributed by atoms with van der Waals surface area (Å²) < 4.78 is 2.38. The van der Waals surface area contributed by atoms with Crippen molar-refractivity contribution >= 4 is 10.9 Å². The third-order valence-electron chi connectivity index (χ3n) is 4.75. The minimum absolute atomic E-state index is 0.738. The molecule has 1 heterocycles. The Morgan fingerprint density at radius 3 is 3.00 bits per heavy atom. The maximum atomic E-state index is 3.75. The molecule has 2 atom stereocenters. The molecule has 2 nitrogen and oxygen atoms in total. The van der Waals surface area contributed by atoms with Crippen molar-refractivity contribution < 1.29 is 0 Å². The average molecular weight is 270 g/mol. The topological polar surface area (TPSA) is 17.0 Å². The Morgan fingerprint density at radius 2 is 2.15 bits per heavy atom. The average Bonchev–Trinajstić information content (AvgIpc) is 2.84. The summed E-state index contributed by atoms with van der Waals surface area (Å²) in [6.07, 6.45) is 7.74. The molecule has 108 valence electrons. The van der Waals surface area contributed by atoms with Gasteiger partial charge in [-0.3, -0.25) is 0 Å². The molecule has 0 spiro atoms. The monoisotopic (exact) mass is 270 g/mol. The summed E-state index contributed by atoms with van der Waals surface area (Å²) >= 11 is 0. The molecular weight excluding hydrogens is 244 g/mol. The smallest absolute Gasteiger partial charge is 0.0483 e. The summed E-state index contributed by atoms with van der Waals surface area (Å²) in [6, 6.07) is 9.55. The fraction of sp³-hybridized carbons (Fsp3) is 0.556. The Labute approximate surface area is 122 Å². The third-order valence-corrected chi connectivity index (χ3v) is 4.75. The van der Waals surface area contributed by atoms with Crippen LogP contribution in [-0.2, 0) is 6.54 Å². The molecule has 20 heavy (non-hydrogen) atoms. The predicted octanol–water partition coefficient (Wildman–Crippen LogP) is 4.12. The van der Waals surface area contributed by atoms with Gasteiger partial charge in [0.1, 0.15) is 0 Å². The Kier molecular flexibility index (Phi) is 4.11. The maximum absolute atomic E-state index is 3.75. The summed E-state index contributed by atoms with van der Waals surface area (Å²) in [5, 5.41) is 5.14. The van der Waals surface area contributed by atoms with Crippen LogP contribution in [0.15, 0.2) is 30.5 Å². The van der Waals surface area contributed by atoms with E-state index in [9.17, 15) is 0 Å². The molecule has 1 aromatic heterocycles. The summed E-state index contributed by atoms with van der Waals surface area (Å²) in [5.74, 6) is 0.899. The Balaban J connectivity index is 1.59. The van der Waals surface area contributed by atoms with E-state index in [0.29, 0.717) is 0 Å². The van der Waals surface area contributed by atoms with Crippen molar-refractivity contribution in [1.29, 1.82) is 0 Å². The molecular formula is C18H26N2. The van der Waals surface area contributed by atoms with Crippen molar-refractivity contribution in [2.45, 2.75) is 52.1 Å². The van der Waals surface area contributed by atoms with Crippen LogP contribution in [0.4, 0.5) is 0 Å². The molecule has 1 aliphatic carbocycles. The quantitative estimate of drug-likeness (QED) is 0.884. The van der Waals surface area contributed by atoms with Gasteiger partial charge in [0.2, 0.25) is 0 Å². The number of nitrogens with zero attached hydrogens (tertiary/aromatic N) is 1. The highest BCUT2D eigenvalue weighted by molar-refractivity contribution is 5.83. The van der Waals surface area contributed by atoms with Gasteiger partial charge in [-0.05, 0) is 43.4 Å². The van der Waals surface area contributed by atoms with E-state index in [4.69, 9.17) is 0 Å². The van der Waals surface area contributed by atoms with E-state index in [2.05, 4.69) is 54.2 Å². The van der Waals surface area contributed by atoms with Gasteiger partial charge in [-0.2, -0.15) is 0 Å². The van der Waals surface area contributed by atoms with Crippen LogP contribution in [0.3, 0.4) is 0 Å². The maximum Gasteiger partial charge on any atom is 0.0483 e. The standard InChI is InChI=1S/C18H26N2/c1-14-5-3-7-16(13-14)19-10-12-20-11-9-17-15(2)6-4-8-18(17)20/h4,6,8-9,11,14,16,19H,3,5,7,10,12-13H2,1-2H3. The zero-order chi connectivity index (χ0) is 13.9. The van der Waals surface area contributed by atoms with Crippen LogP contribution < -0.4 is 5.32 Å². The normalized spacial score (nSPS) is 23.3. The highest BCUT2D eigenvalue weighted by atomic mass is 15.0. The van der Waals surface area contributed by atoms with Gasteiger partial charge in [0, 0.05) is 36.2 Å². The first-order chi connectivity index (χ1) is 9.74. The van der Waals surface area contributed by atoms with E-state index >= 15 is 0 Å². The summed E-state index contributed by atoms with van der Waals surface area (Å²) in [7, 11) is 0. The first-order valence-corrected chi connectivity index (χ1v) is 8.02. The van der Waals surface area contributed by atoms with Crippen LogP contribution in [0.1, 0.15) is 38.2 Å². The summed E-state index contributed by atoms with van der Waals surface area (Å²) in [6.45, 7) is 6.72. The molecule has 2 heteroatoms. The lowest BCUT2D eigenvalue weighted by Crippen LogP contribution is -2.35. The van der Waals surface area contributed by atoms with Gasteiger partial charge in [-0.1, -0.05) is 31.9 Å². The first kappa shape index (κ1) is 13.7. The van der Waals surface area contributed by atoms with Crippen LogP contribution in [0, 0.1) is 12.8 Å². The second-order valence-electron chi connectivity index (χ2n) is 6.44. The molecule has 1 fully saturated rings. The van der Waals surface area contributed by atoms with Gasteiger partial charge < -0.3 is 9.88 Å². The summed E-state index contributed by atoms with van der Waals surface area (Å²) in [4.78, 5) is 0. The van der Waals surface area contributed by atoms with Crippen molar-refractivity contribution in [3.63, 3.8) is 0 Å². The number of nitrogens with one attached hydrogen (secondary N) is 1. The fourth-order valence-corrected chi connectivity index (χ4v) is 3.58. The lowest BCUT2D eigenvalue weighted by molar-refractivity contribution is 0.299. The van der Waals surface area contributed by atoms with Crippen molar-refractivity contribution in [3.05, 3.63) is 36.0 Å². The molecule has 1 aliphatic rings. The number of rotatable bonds is 4. The van der Waals surface area contributed by atoms with Crippen molar-refractivity contribution in [2.75, 3.05) is 6.54 Å². The molecule has 3 rings (SSSR count). The second kappa shape index (κ2) is 6.01. The van der Waals surface area contributed by atoms with Crippen LogP contribution in [0.5, 0.6) is 0 Å². The highest BCUT2D eigenvalue weighted by Gasteiger charge is 2.17. The number of fused-ring (bicyclic) bond motifs is 1. The van der Waals surface area contributed by atoms with Crippen LogP contribution in [0.25, 0.3) is 10.9 Å². The number of benzene rings is 1.